The Hall–Kier alpha value is -2.42. The molecule has 1 aliphatic rings. The second-order valence-electron chi connectivity index (χ2n) is 8.70. The zero-order valence-corrected chi connectivity index (χ0v) is 19.9. The highest BCUT2D eigenvalue weighted by Crippen LogP contribution is 2.13. The SMILES string of the molecule is O=C(NCCCCCCCCCCCCCCO[N+](=O)[O-])c1ccc(N2CCNCC2)nc1. The summed E-state index contributed by atoms with van der Waals surface area (Å²) in [6.45, 7) is 4.77. The highest BCUT2D eigenvalue weighted by Gasteiger charge is 2.12. The maximum Gasteiger partial charge on any atom is 0.294 e. The third-order valence-corrected chi connectivity index (χ3v) is 6.00. The molecule has 1 aromatic rings. The van der Waals surface area contributed by atoms with Crippen LogP contribution in [0.3, 0.4) is 0 Å². The normalized spacial score (nSPS) is 13.6. The van der Waals surface area contributed by atoms with Crippen LogP contribution in [0.5, 0.6) is 0 Å². The molecule has 1 saturated heterocycles. The molecule has 1 aliphatic heterocycles. The van der Waals surface area contributed by atoms with Crippen molar-refractivity contribution < 1.29 is 14.7 Å². The largest absolute Gasteiger partial charge is 0.354 e. The van der Waals surface area contributed by atoms with E-state index in [-0.39, 0.29) is 12.5 Å². The molecular weight excluding hydrogens is 422 g/mol. The van der Waals surface area contributed by atoms with E-state index in [0.717, 1.165) is 64.1 Å². The molecule has 0 unspecified atom stereocenters. The van der Waals surface area contributed by atoms with E-state index in [2.05, 4.69) is 25.4 Å². The first-order chi connectivity index (χ1) is 16.2. The summed E-state index contributed by atoms with van der Waals surface area (Å²) in [5.41, 5.74) is 0.624. The maximum absolute atomic E-state index is 12.3. The van der Waals surface area contributed by atoms with Gasteiger partial charge in [0.25, 0.3) is 11.0 Å². The maximum atomic E-state index is 12.3. The molecule has 0 saturated carbocycles. The molecule has 0 radical (unpaired) electrons. The number of amides is 1. The predicted molar refractivity (Wildman–Crippen MR) is 130 cm³/mol. The van der Waals surface area contributed by atoms with Crippen molar-refractivity contribution in [2.75, 3.05) is 44.2 Å². The molecule has 33 heavy (non-hydrogen) atoms. The molecule has 9 nitrogen and oxygen atoms in total. The number of nitrogens with one attached hydrogen (secondary N) is 2. The monoisotopic (exact) mass is 463 g/mol. The molecule has 1 aromatic heterocycles. The lowest BCUT2D eigenvalue weighted by molar-refractivity contribution is -0.757. The van der Waals surface area contributed by atoms with Gasteiger partial charge in [-0.25, -0.2) is 4.98 Å². The van der Waals surface area contributed by atoms with Crippen molar-refractivity contribution >= 4 is 11.7 Å². The minimum atomic E-state index is -0.720. The molecular formula is C24H41N5O4. The molecule has 0 aromatic carbocycles. The number of carbonyl (C=O) groups excluding carboxylic acids is 1. The quantitative estimate of drug-likeness (QED) is 0.191. The molecule has 0 atom stereocenters. The average molecular weight is 464 g/mol. The van der Waals surface area contributed by atoms with E-state index in [4.69, 9.17) is 0 Å². The van der Waals surface area contributed by atoms with Gasteiger partial charge in [-0.3, -0.25) is 4.79 Å². The highest BCUT2D eigenvalue weighted by molar-refractivity contribution is 5.94. The molecule has 1 fully saturated rings. The number of aromatic nitrogens is 1. The van der Waals surface area contributed by atoms with Gasteiger partial charge < -0.3 is 20.4 Å². The van der Waals surface area contributed by atoms with Gasteiger partial charge in [0, 0.05) is 38.9 Å². The number of pyridine rings is 1. The Balaban J connectivity index is 1.37. The summed E-state index contributed by atoms with van der Waals surface area (Å²) >= 11 is 0. The molecule has 0 bridgehead atoms. The summed E-state index contributed by atoms with van der Waals surface area (Å²) < 4.78 is 0. The van der Waals surface area contributed by atoms with E-state index in [0.29, 0.717) is 12.1 Å². The van der Waals surface area contributed by atoms with Crippen LogP contribution in [0, 0.1) is 10.1 Å². The molecule has 9 heteroatoms. The number of unbranched alkanes of at least 4 members (excludes halogenated alkanes) is 11. The van der Waals surface area contributed by atoms with Crippen LogP contribution in [-0.4, -0.2) is 55.3 Å². The van der Waals surface area contributed by atoms with Gasteiger partial charge in [-0.15, -0.1) is 10.1 Å². The topological polar surface area (TPSA) is 110 Å². The van der Waals surface area contributed by atoms with Crippen LogP contribution < -0.4 is 15.5 Å². The zero-order chi connectivity index (χ0) is 23.6. The first kappa shape index (κ1) is 26.8. The van der Waals surface area contributed by atoms with Crippen LogP contribution in [0.4, 0.5) is 5.82 Å². The molecule has 2 heterocycles. The predicted octanol–water partition coefficient (Wildman–Crippen LogP) is 4.11. The van der Waals surface area contributed by atoms with Gasteiger partial charge in [0.2, 0.25) is 0 Å². The lowest BCUT2D eigenvalue weighted by Crippen LogP contribution is -2.43. The summed E-state index contributed by atoms with van der Waals surface area (Å²) in [6.07, 6.45) is 15.5. The first-order valence-corrected chi connectivity index (χ1v) is 12.6. The summed E-state index contributed by atoms with van der Waals surface area (Å²) in [6, 6.07) is 3.80. The fourth-order valence-electron chi connectivity index (χ4n) is 4.04. The third-order valence-electron chi connectivity index (χ3n) is 6.00. The van der Waals surface area contributed by atoms with Gasteiger partial charge >= 0.3 is 0 Å². The van der Waals surface area contributed by atoms with Crippen molar-refractivity contribution in [3.63, 3.8) is 0 Å². The minimum Gasteiger partial charge on any atom is -0.354 e. The second kappa shape index (κ2) is 17.1. The van der Waals surface area contributed by atoms with Crippen LogP contribution in [0.1, 0.15) is 87.4 Å². The Morgan fingerprint density at radius 2 is 1.55 bits per heavy atom. The number of carbonyl (C=O) groups is 1. The second-order valence-corrected chi connectivity index (χ2v) is 8.70. The molecule has 186 valence electrons. The molecule has 2 N–H and O–H groups in total. The van der Waals surface area contributed by atoms with Gasteiger partial charge in [-0.2, -0.15) is 0 Å². The van der Waals surface area contributed by atoms with Crippen LogP contribution in [0.2, 0.25) is 0 Å². The summed E-state index contributed by atoms with van der Waals surface area (Å²) in [4.78, 5) is 33.3. The van der Waals surface area contributed by atoms with E-state index in [1.807, 2.05) is 12.1 Å². The van der Waals surface area contributed by atoms with Crippen molar-refractivity contribution in [1.82, 2.24) is 15.6 Å². The lowest BCUT2D eigenvalue weighted by Gasteiger charge is -2.28. The van der Waals surface area contributed by atoms with Crippen LogP contribution in [-0.2, 0) is 4.84 Å². The smallest absolute Gasteiger partial charge is 0.294 e. The summed E-state index contributed by atoms with van der Waals surface area (Å²) in [5, 5.41) is 15.6. The number of hydrogen-bond donors (Lipinski definition) is 2. The highest BCUT2D eigenvalue weighted by atomic mass is 16.9. The van der Waals surface area contributed by atoms with E-state index in [1.54, 1.807) is 6.20 Å². The Morgan fingerprint density at radius 1 is 0.970 bits per heavy atom. The van der Waals surface area contributed by atoms with Crippen molar-refractivity contribution in [1.29, 1.82) is 0 Å². The molecule has 1 amide bonds. The lowest BCUT2D eigenvalue weighted by atomic mass is 10.1. The summed E-state index contributed by atoms with van der Waals surface area (Å²) in [5.74, 6) is 0.896. The van der Waals surface area contributed by atoms with E-state index in [9.17, 15) is 14.9 Å². The number of rotatable bonds is 18. The molecule has 0 spiro atoms. The standard InChI is InChI=1S/C24H41N5O4/c30-24(22-13-14-23(27-21-22)28-18-16-25-17-19-28)26-15-11-9-7-5-3-1-2-4-6-8-10-12-20-33-29(31)32/h13-14,21,25H,1-12,15-20H2,(H,26,30). The number of nitrogens with zero attached hydrogens (tertiary/aromatic N) is 3. The minimum absolute atomic E-state index is 0.0420. The molecule has 0 aliphatic carbocycles. The fraction of sp³-hybridized carbons (Fsp3) is 0.750. The number of hydrogen-bond acceptors (Lipinski definition) is 7. The van der Waals surface area contributed by atoms with Crippen molar-refractivity contribution in [2.45, 2.75) is 77.0 Å². The average Bonchev–Trinajstić information content (AvgIpc) is 2.84. The van der Waals surface area contributed by atoms with Gasteiger partial charge in [0.1, 0.15) is 5.82 Å². The molecule has 2 rings (SSSR count). The van der Waals surface area contributed by atoms with Crippen molar-refractivity contribution in [3.05, 3.63) is 34.0 Å². The summed E-state index contributed by atoms with van der Waals surface area (Å²) in [7, 11) is 0. The van der Waals surface area contributed by atoms with Crippen LogP contribution in [0.25, 0.3) is 0 Å². The Kier molecular flexibility index (Phi) is 13.9. The third kappa shape index (κ3) is 12.4. The van der Waals surface area contributed by atoms with Crippen LogP contribution in [0.15, 0.2) is 18.3 Å². The number of anilines is 1. The van der Waals surface area contributed by atoms with Crippen LogP contribution >= 0.6 is 0 Å². The Labute approximate surface area is 197 Å². The Morgan fingerprint density at radius 3 is 2.09 bits per heavy atom. The van der Waals surface area contributed by atoms with E-state index < -0.39 is 5.09 Å². The van der Waals surface area contributed by atoms with Crippen molar-refractivity contribution in [2.24, 2.45) is 0 Å². The number of piperazine rings is 1. The fourth-order valence-corrected chi connectivity index (χ4v) is 4.04. The van der Waals surface area contributed by atoms with Gasteiger partial charge in [-0.05, 0) is 25.0 Å². The van der Waals surface area contributed by atoms with Gasteiger partial charge in [0.05, 0.1) is 12.2 Å². The zero-order valence-electron chi connectivity index (χ0n) is 19.9. The van der Waals surface area contributed by atoms with E-state index >= 15 is 0 Å². The first-order valence-electron chi connectivity index (χ1n) is 12.6. The van der Waals surface area contributed by atoms with Gasteiger partial charge in [-0.1, -0.05) is 64.2 Å². The van der Waals surface area contributed by atoms with E-state index in [1.165, 1.54) is 44.9 Å². The van der Waals surface area contributed by atoms with Gasteiger partial charge in [0.15, 0.2) is 0 Å². The van der Waals surface area contributed by atoms with Crippen molar-refractivity contribution in [3.8, 4) is 0 Å². The Bertz CT molecular complexity index is 665.